The number of aryl methyl sites for hydroxylation is 1. The van der Waals surface area contributed by atoms with Crippen LogP contribution in [0.15, 0.2) is 48.0 Å². The number of aromatic nitrogens is 2. The number of nitrogens with zero attached hydrogens (tertiary/aromatic N) is 3. The molecule has 4 rings (SSSR count). The molecule has 0 aliphatic carbocycles. The van der Waals surface area contributed by atoms with Crippen molar-refractivity contribution in [2.45, 2.75) is 20.0 Å². The fraction of sp³-hybridized carbons (Fsp3) is 0.263. The zero-order valence-corrected chi connectivity index (χ0v) is 14.4. The van der Waals surface area contributed by atoms with E-state index in [1.165, 1.54) is 11.1 Å². The van der Waals surface area contributed by atoms with Gasteiger partial charge in [0.1, 0.15) is 17.4 Å². The first-order chi connectivity index (χ1) is 11.8. The summed E-state index contributed by atoms with van der Waals surface area (Å²) >= 11 is 1.65. The van der Waals surface area contributed by atoms with Crippen LogP contribution in [-0.2, 0) is 13.1 Å². The van der Waals surface area contributed by atoms with E-state index >= 15 is 0 Å². The molecule has 1 aromatic carbocycles. The van der Waals surface area contributed by atoms with E-state index in [0.29, 0.717) is 6.61 Å². The maximum absolute atomic E-state index is 5.88. The molecule has 0 bridgehead atoms. The second-order valence-corrected chi connectivity index (χ2v) is 6.89. The van der Waals surface area contributed by atoms with Crippen LogP contribution >= 0.6 is 11.3 Å². The normalized spacial score (nSPS) is 14.7. The quantitative estimate of drug-likeness (QED) is 0.726. The van der Waals surface area contributed by atoms with Gasteiger partial charge in [0, 0.05) is 36.8 Å². The average molecular weight is 337 g/mol. The smallest absolute Gasteiger partial charge is 0.142 e. The summed E-state index contributed by atoms with van der Waals surface area (Å²) in [5.74, 6) is 1.01. The van der Waals surface area contributed by atoms with Gasteiger partial charge in [0.05, 0.1) is 11.4 Å². The van der Waals surface area contributed by atoms with E-state index in [4.69, 9.17) is 9.72 Å². The Balaban J connectivity index is 1.50. The van der Waals surface area contributed by atoms with Crippen LogP contribution in [0.4, 0.5) is 0 Å². The van der Waals surface area contributed by atoms with E-state index in [0.717, 1.165) is 41.8 Å². The third kappa shape index (κ3) is 3.32. The van der Waals surface area contributed by atoms with Crippen LogP contribution in [0.5, 0.6) is 5.75 Å². The van der Waals surface area contributed by atoms with Crippen molar-refractivity contribution in [3.05, 3.63) is 64.8 Å². The molecular formula is C19H19N3OS. The molecule has 2 aromatic heterocycles. The summed E-state index contributed by atoms with van der Waals surface area (Å²) in [6.07, 6.45) is 1.81. The summed E-state index contributed by atoms with van der Waals surface area (Å²) in [5.41, 5.74) is 4.56. The molecule has 1 aliphatic heterocycles. The fourth-order valence-corrected chi connectivity index (χ4v) is 3.71. The van der Waals surface area contributed by atoms with Crippen molar-refractivity contribution in [3.8, 4) is 16.5 Å². The standard InChI is InChI=1S/C19H19N3OS/c1-14-5-6-18-15(10-14)11-22(8-9-23-18)12-16-13-24-19(21-16)17-4-2-3-7-20-17/h2-7,10,13H,8-9,11-12H2,1H3. The van der Waals surface area contributed by atoms with Gasteiger partial charge in [-0.3, -0.25) is 9.88 Å². The minimum atomic E-state index is 0.716. The largest absolute Gasteiger partial charge is 0.492 e. The third-order valence-corrected chi connectivity index (χ3v) is 5.01. The number of fused-ring (bicyclic) bond motifs is 1. The Bertz CT molecular complexity index is 832. The first-order valence-corrected chi connectivity index (χ1v) is 8.96. The predicted molar refractivity (Wildman–Crippen MR) is 96.1 cm³/mol. The molecule has 24 heavy (non-hydrogen) atoms. The van der Waals surface area contributed by atoms with Crippen molar-refractivity contribution in [2.24, 2.45) is 0 Å². The molecule has 0 amide bonds. The highest BCUT2D eigenvalue weighted by Crippen LogP contribution is 2.26. The first-order valence-electron chi connectivity index (χ1n) is 8.08. The molecular weight excluding hydrogens is 318 g/mol. The van der Waals surface area contributed by atoms with Gasteiger partial charge in [0.2, 0.25) is 0 Å². The molecule has 4 nitrogen and oxygen atoms in total. The second kappa shape index (κ2) is 6.71. The highest BCUT2D eigenvalue weighted by molar-refractivity contribution is 7.13. The van der Waals surface area contributed by atoms with Crippen LogP contribution in [0.3, 0.4) is 0 Å². The van der Waals surface area contributed by atoms with E-state index in [1.54, 1.807) is 11.3 Å². The van der Waals surface area contributed by atoms with Crippen LogP contribution in [0, 0.1) is 6.92 Å². The maximum Gasteiger partial charge on any atom is 0.142 e. The van der Waals surface area contributed by atoms with Crippen molar-refractivity contribution in [1.29, 1.82) is 0 Å². The lowest BCUT2D eigenvalue weighted by Crippen LogP contribution is -2.25. The second-order valence-electron chi connectivity index (χ2n) is 6.03. The van der Waals surface area contributed by atoms with E-state index in [1.807, 2.05) is 24.4 Å². The molecule has 5 heteroatoms. The Morgan fingerprint density at radius 1 is 1.25 bits per heavy atom. The number of benzene rings is 1. The zero-order valence-electron chi connectivity index (χ0n) is 13.6. The van der Waals surface area contributed by atoms with Gasteiger partial charge >= 0.3 is 0 Å². The van der Waals surface area contributed by atoms with Crippen molar-refractivity contribution >= 4 is 11.3 Å². The average Bonchev–Trinajstić information content (AvgIpc) is 2.97. The lowest BCUT2D eigenvalue weighted by atomic mass is 10.1. The summed E-state index contributed by atoms with van der Waals surface area (Å²) in [5, 5.41) is 3.11. The van der Waals surface area contributed by atoms with E-state index in [9.17, 15) is 0 Å². The van der Waals surface area contributed by atoms with Gasteiger partial charge in [0.25, 0.3) is 0 Å². The summed E-state index contributed by atoms with van der Waals surface area (Å²) in [6.45, 7) is 5.47. The van der Waals surface area contributed by atoms with Crippen LogP contribution in [-0.4, -0.2) is 28.0 Å². The highest BCUT2D eigenvalue weighted by atomic mass is 32.1. The van der Waals surface area contributed by atoms with E-state index < -0.39 is 0 Å². The Morgan fingerprint density at radius 2 is 2.21 bits per heavy atom. The molecule has 3 heterocycles. The molecule has 3 aromatic rings. The molecule has 0 radical (unpaired) electrons. The molecule has 122 valence electrons. The van der Waals surface area contributed by atoms with Gasteiger partial charge in [-0.05, 0) is 25.1 Å². The van der Waals surface area contributed by atoms with E-state index in [-0.39, 0.29) is 0 Å². The Morgan fingerprint density at radius 3 is 3.08 bits per heavy atom. The SMILES string of the molecule is Cc1ccc2c(c1)CN(Cc1csc(-c3ccccn3)n1)CCO2. The molecule has 1 aliphatic rings. The van der Waals surface area contributed by atoms with Crippen LogP contribution in [0.2, 0.25) is 0 Å². The summed E-state index contributed by atoms with van der Waals surface area (Å²) in [6, 6.07) is 12.3. The zero-order chi connectivity index (χ0) is 16.4. The monoisotopic (exact) mass is 337 g/mol. The summed E-state index contributed by atoms with van der Waals surface area (Å²) in [7, 11) is 0. The van der Waals surface area contributed by atoms with Gasteiger partial charge < -0.3 is 4.74 Å². The van der Waals surface area contributed by atoms with Gasteiger partial charge in [0.15, 0.2) is 0 Å². The number of pyridine rings is 1. The minimum absolute atomic E-state index is 0.716. The Kier molecular flexibility index (Phi) is 4.28. The van der Waals surface area contributed by atoms with Crippen molar-refractivity contribution < 1.29 is 4.74 Å². The molecule has 0 saturated heterocycles. The van der Waals surface area contributed by atoms with Crippen molar-refractivity contribution in [1.82, 2.24) is 14.9 Å². The van der Waals surface area contributed by atoms with Gasteiger partial charge in [-0.15, -0.1) is 11.3 Å². The van der Waals surface area contributed by atoms with E-state index in [2.05, 4.69) is 40.4 Å². The molecule has 0 unspecified atom stereocenters. The first kappa shape index (κ1) is 15.3. The topological polar surface area (TPSA) is 38.2 Å². The fourth-order valence-electron chi connectivity index (χ4n) is 2.93. The molecule has 0 atom stereocenters. The Hall–Kier alpha value is -2.24. The van der Waals surface area contributed by atoms with Crippen molar-refractivity contribution in [2.75, 3.05) is 13.2 Å². The van der Waals surface area contributed by atoms with Crippen LogP contribution < -0.4 is 4.74 Å². The number of ether oxygens (including phenoxy) is 1. The molecule has 0 fully saturated rings. The highest BCUT2D eigenvalue weighted by Gasteiger charge is 2.17. The van der Waals surface area contributed by atoms with Crippen LogP contribution in [0.1, 0.15) is 16.8 Å². The Labute approximate surface area is 145 Å². The molecule has 0 spiro atoms. The number of hydrogen-bond acceptors (Lipinski definition) is 5. The molecule has 0 saturated carbocycles. The summed E-state index contributed by atoms with van der Waals surface area (Å²) < 4.78 is 5.88. The van der Waals surface area contributed by atoms with Crippen molar-refractivity contribution in [3.63, 3.8) is 0 Å². The predicted octanol–water partition coefficient (Wildman–Crippen LogP) is 3.91. The molecule has 0 N–H and O–H groups in total. The van der Waals surface area contributed by atoms with Crippen LogP contribution in [0.25, 0.3) is 10.7 Å². The number of thiazole rings is 1. The maximum atomic E-state index is 5.88. The summed E-state index contributed by atoms with van der Waals surface area (Å²) in [4.78, 5) is 11.5. The minimum Gasteiger partial charge on any atom is -0.492 e. The van der Waals surface area contributed by atoms with Gasteiger partial charge in [-0.1, -0.05) is 23.8 Å². The van der Waals surface area contributed by atoms with Gasteiger partial charge in [-0.2, -0.15) is 0 Å². The number of hydrogen-bond donors (Lipinski definition) is 0. The third-order valence-electron chi connectivity index (χ3n) is 4.10. The number of rotatable bonds is 3. The lowest BCUT2D eigenvalue weighted by Gasteiger charge is -2.18. The lowest BCUT2D eigenvalue weighted by molar-refractivity contribution is 0.218. The van der Waals surface area contributed by atoms with Gasteiger partial charge in [-0.25, -0.2) is 4.98 Å².